The number of pyridine rings is 1. The summed E-state index contributed by atoms with van der Waals surface area (Å²) < 4.78 is 40.1. The maximum absolute atomic E-state index is 13.4. The van der Waals surface area contributed by atoms with Crippen LogP contribution in [0.15, 0.2) is 47.6 Å². The lowest BCUT2D eigenvalue weighted by Gasteiger charge is -2.10. The maximum Gasteiger partial charge on any atom is 0.244 e. The lowest BCUT2D eigenvalue weighted by Crippen LogP contribution is -2.27. The van der Waals surface area contributed by atoms with Crippen molar-refractivity contribution in [2.75, 3.05) is 12.0 Å². The van der Waals surface area contributed by atoms with Gasteiger partial charge in [0.2, 0.25) is 10.0 Å². The zero-order valence-corrected chi connectivity index (χ0v) is 11.9. The summed E-state index contributed by atoms with van der Waals surface area (Å²) in [6.07, 6.45) is 2.87. The predicted molar refractivity (Wildman–Crippen MR) is 77.3 cm³/mol. The van der Waals surface area contributed by atoms with Crippen LogP contribution in [-0.4, -0.2) is 19.9 Å². The average molecular weight is 310 g/mol. The number of nitrogen functional groups attached to an aromatic ring is 1. The smallest absolute Gasteiger partial charge is 0.244 e. The molecule has 0 radical (unpaired) electrons. The number of aromatic nitrogens is 1. The van der Waals surface area contributed by atoms with Crippen LogP contribution in [0.3, 0.4) is 0 Å². The molecule has 6 nitrogen and oxygen atoms in total. The number of anilines is 1. The van der Waals surface area contributed by atoms with Crippen molar-refractivity contribution in [1.82, 2.24) is 9.71 Å². The van der Waals surface area contributed by atoms with Gasteiger partial charge in [0.25, 0.3) is 0 Å². The summed E-state index contributed by atoms with van der Waals surface area (Å²) in [4.78, 5) is 3.71. The fourth-order valence-electron chi connectivity index (χ4n) is 1.81. The summed E-state index contributed by atoms with van der Waals surface area (Å²) in [7, 11) is -3.76. The van der Waals surface area contributed by atoms with Gasteiger partial charge in [0.1, 0.15) is 10.7 Å². The number of nitrogens with zero attached hydrogens (tertiary/aromatic N) is 1. The standard InChI is InChI=1S/C13H15FN4O2S/c14-11-4-2-1-3-10(11)5-8-17-21(19,20)13-9-16-7-6-12(13)18-15/h1-4,6-7,9,17H,5,8,15H2,(H,16,18). The molecule has 112 valence electrons. The van der Waals surface area contributed by atoms with Crippen molar-refractivity contribution in [2.24, 2.45) is 5.84 Å². The third-order valence-corrected chi connectivity index (χ3v) is 4.36. The monoisotopic (exact) mass is 310 g/mol. The highest BCUT2D eigenvalue weighted by molar-refractivity contribution is 7.89. The van der Waals surface area contributed by atoms with E-state index in [4.69, 9.17) is 5.84 Å². The van der Waals surface area contributed by atoms with Crippen LogP contribution >= 0.6 is 0 Å². The molecule has 21 heavy (non-hydrogen) atoms. The van der Waals surface area contributed by atoms with Gasteiger partial charge in [-0.15, -0.1) is 0 Å². The van der Waals surface area contributed by atoms with Crippen molar-refractivity contribution in [3.8, 4) is 0 Å². The second-order valence-corrected chi connectivity index (χ2v) is 5.99. The van der Waals surface area contributed by atoms with Crippen molar-refractivity contribution >= 4 is 15.7 Å². The highest BCUT2D eigenvalue weighted by Gasteiger charge is 2.18. The van der Waals surface area contributed by atoms with Gasteiger partial charge in [-0.1, -0.05) is 18.2 Å². The second kappa shape index (κ2) is 6.61. The number of hydrogen-bond acceptors (Lipinski definition) is 5. The number of hydrazine groups is 1. The van der Waals surface area contributed by atoms with E-state index in [0.717, 1.165) is 0 Å². The van der Waals surface area contributed by atoms with Crippen LogP contribution in [0, 0.1) is 5.82 Å². The molecule has 2 aromatic rings. The molecule has 0 aliphatic carbocycles. The first-order valence-corrected chi connectivity index (χ1v) is 7.66. The first-order chi connectivity index (χ1) is 10.0. The Morgan fingerprint density at radius 1 is 1.24 bits per heavy atom. The Labute approximate surface area is 122 Å². The van der Waals surface area contributed by atoms with E-state index in [1.54, 1.807) is 18.2 Å². The minimum Gasteiger partial charge on any atom is -0.323 e. The van der Waals surface area contributed by atoms with Gasteiger partial charge in [0.05, 0.1) is 5.69 Å². The van der Waals surface area contributed by atoms with E-state index in [1.807, 2.05) is 0 Å². The van der Waals surface area contributed by atoms with E-state index in [1.165, 1.54) is 24.5 Å². The van der Waals surface area contributed by atoms with Gasteiger partial charge >= 0.3 is 0 Å². The molecule has 1 aromatic heterocycles. The molecular weight excluding hydrogens is 295 g/mol. The first-order valence-electron chi connectivity index (χ1n) is 6.18. The molecule has 1 aromatic carbocycles. The summed E-state index contributed by atoms with van der Waals surface area (Å²) in [5.74, 6) is 4.91. The Morgan fingerprint density at radius 3 is 2.71 bits per heavy atom. The third-order valence-electron chi connectivity index (χ3n) is 2.87. The normalized spacial score (nSPS) is 11.3. The molecule has 1 heterocycles. The van der Waals surface area contributed by atoms with Gasteiger partial charge in [-0.05, 0) is 24.1 Å². The van der Waals surface area contributed by atoms with Gasteiger partial charge in [-0.25, -0.2) is 17.5 Å². The van der Waals surface area contributed by atoms with E-state index >= 15 is 0 Å². The lowest BCUT2D eigenvalue weighted by atomic mass is 10.1. The van der Waals surface area contributed by atoms with Gasteiger partial charge in [0, 0.05) is 18.9 Å². The molecule has 0 amide bonds. The van der Waals surface area contributed by atoms with Crippen molar-refractivity contribution < 1.29 is 12.8 Å². The second-order valence-electron chi connectivity index (χ2n) is 4.26. The molecule has 0 fully saturated rings. The summed E-state index contributed by atoms with van der Waals surface area (Å²) >= 11 is 0. The molecule has 0 saturated carbocycles. The minimum atomic E-state index is -3.76. The fourth-order valence-corrected chi connectivity index (χ4v) is 2.95. The van der Waals surface area contributed by atoms with E-state index in [0.29, 0.717) is 5.56 Å². The molecule has 0 unspecified atom stereocenters. The van der Waals surface area contributed by atoms with Crippen molar-refractivity contribution in [3.63, 3.8) is 0 Å². The highest BCUT2D eigenvalue weighted by Crippen LogP contribution is 2.18. The third kappa shape index (κ3) is 3.75. The molecular formula is C13H15FN4O2S. The minimum absolute atomic E-state index is 0.0546. The van der Waals surface area contributed by atoms with E-state index in [-0.39, 0.29) is 29.4 Å². The topological polar surface area (TPSA) is 97.1 Å². The number of nitrogens with one attached hydrogen (secondary N) is 2. The number of hydrogen-bond donors (Lipinski definition) is 3. The number of halogens is 1. The van der Waals surface area contributed by atoms with Crippen LogP contribution in [-0.2, 0) is 16.4 Å². The van der Waals surface area contributed by atoms with E-state index < -0.39 is 10.0 Å². The molecule has 4 N–H and O–H groups in total. The van der Waals surface area contributed by atoms with Crippen molar-refractivity contribution in [3.05, 3.63) is 54.1 Å². The van der Waals surface area contributed by atoms with Gasteiger partial charge in [-0.3, -0.25) is 10.8 Å². The zero-order valence-electron chi connectivity index (χ0n) is 11.1. The summed E-state index contributed by atoms with van der Waals surface area (Å²) in [5.41, 5.74) is 2.99. The van der Waals surface area contributed by atoms with Crippen molar-refractivity contribution in [1.29, 1.82) is 0 Å². The Bertz CT molecular complexity index is 722. The largest absolute Gasteiger partial charge is 0.323 e. The predicted octanol–water partition coefficient (Wildman–Crippen LogP) is 1.03. The first kappa shape index (κ1) is 15.4. The molecule has 0 spiro atoms. The molecule has 0 atom stereocenters. The number of sulfonamides is 1. The maximum atomic E-state index is 13.4. The Morgan fingerprint density at radius 2 is 2.00 bits per heavy atom. The van der Waals surface area contributed by atoms with Gasteiger partial charge in [0.15, 0.2) is 0 Å². The number of rotatable bonds is 6. The van der Waals surface area contributed by atoms with E-state index in [2.05, 4.69) is 15.1 Å². The number of benzene rings is 1. The zero-order chi connectivity index (χ0) is 15.3. The Kier molecular flexibility index (Phi) is 4.84. The van der Waals surface area contributed by atoms with Gasteiger partial charge < -0.3 is 5.43 Å². The fraction of sp³-hybridized carbons (Fsp3) is 0.154. The molecule has 0 aliphatic rings. The Balaban J connectivity index is 2.07. The SMILES string of the molecule is NNc1ccncc1S(=O)(=O)NCCc1ccccc1F. The van der Waals surface area contributed by atoms with Crippen molar-refractivity contribution in [2.45, 2.75) is 11.3 Å². The highest BCUT2D eigenvalue weighted by atomic mass is 32.2. The van der Waals surface area contributed by atoms with Crippen LogP contribution in [0.5, 0.6) is 0 Å². The lowest BCUT2D eigenvalue weighted by molar-refractivity contribution is 0.577. The van der Waals surface area contributed by atoms with Crippen LogP contribution in [0.25, 0.3) is 0 Å². The van der Waals surface area contributed by atoms with Crippen LogP contribution in [0.2, 0.25) is 0 Å². The Hall–Kier alpha value is -2.03. The summed E-state index contributed by atoms with van der Waals surface area (Å²) in [6.45, 7) is 0.0716. The summed E-state index contributed by atoms with van der Waals surface area (Å²) in [5, 5.41) is 0. The van der Waals surface area contributed by atoms with E-state index in [9.17, 15) is 12.8 Å². The number of nitrogens with two attached hydrogens (primary N) is 1. The van der Waals surface area contributed by atoms with Crippen LogP contribution in [0.4, 0.5) is 10.1 Å². The van der Waals surface area contributed by atoms with Crippen LogP contribution in [0.1, 0.15) is 5.56 Å². The molecule has 0 saturated heterocycles. The molecule has 2 rings (SSSR count). The molecule has 0 bridgehead atoms. The molecule has 8 heteroatoms. The van der Waals surface area contributed by atoms with Crippen LogP contribution < -0.4 is 16.0 Å². The average Bonchev–Trinajstić information content (AvgIpc) is 2.49. The summed E-state index contributed by atoms with van der Waals surface area (Å²) in [6, 6.07) is 7.68. The quantitative estimate of drug-likeness (QED) is 0.547. The van der Waals surface area contributed by atoms with Gasteiger partial charge in [-0.2, -0.15) is 0 Å². The molecule has 0 aliphatic heterocycles.